The molecule has 0 saturated carbocycles. The lowest BCUT2D eigenvalue weighted by Crippen LogP contribution is -2.03. The SMILES string of the molecule is CCOc1ccc(-c2nc3ccc(C)cn3c2C(=O)O)cc1. The number of benzene rings is 1. The van der Waals surface area contributed by atoms with Gasteiger partial charge in [-0.05, 0) is 49.7 Å². The monoisotopic (exact) mass is 296 g/mol. The van der Waals surface area contributed by atoms with Crippen LogP contribution >= 0.6 is 0 Å². The van der Waals surface area contributed by atoms with E-state index >= 15 is 0 Å². The summed E-state index contributed by atoms with van der Waals surface area (Å²) in [6.45, 7) is 4.43. The van der Waals surface area contributed by atoms with E-state index in [4.69, 9.17) is 4.74 Å². The molecule has 0 aliphatic heterocycles. The first-order chi connectivity index (χ1) is 10.6. The van der Waals surface area contributed by atoms with E-state index in [1.165, 1.54) is 0 Å². The van der Waals surface area contributed by atoms with E-state index in [1.54, 1.807) is 10.6 Å². The smallest absolute Gasteiger partial charge is 0.355 e. The first-order valence-electron chi connectivity index (χ1n) is 7.05. The number of rotatable bonds is 4. The van der Waals surface area contributed by atoms with Crippen molar-refractivity contribution in [3.8, 4) is 17.0 Å². The first kappa shape index (κ1) is 14.1. The highest BCUT2D eigenvalue weighted by molar-refractivity contribution is 5.94. The zero-order valence-corrected chi connectivity index (χ0v) is 12.4. The summed E-state index contributed by atoms with van der Waals surface area (Å²) >= 11 is 0. The molecular weight excluding hydrogens is 280 g/mol. The molecule has 0 unspecified atom stereocenters. The number of fused-ring (bicyclic) bond motifs is 1. The number of carboxylic acid groups (broad SMARTS) is 1. The molecule has 5 nitrogen and oxygen atoms in total. The Balaban J connectivity index is 2.17. The van der Waals surface area contributed by atoms with Gasteiger partial charge in [0.2, 0.25) is 0 Å². The van der Waals surface area contributed by atoms with Gasteiger partial charge < -0.3 is 9.84 Å². The predicted molar refractivity (Wildman–Crippen MR) is 83.5 cm³/mol. The van der Waals surface area contributed by atoms with Crippen LogP contribution in [-0.4, -0.2) is 27.1 Å². The van der Waals surface area contributed by atoms with Gasteiger partial charge in [0.1, 0.15) is 17.1 Å². The number of hydrogen-bond acceptors (Lipinski definition) is 3. The summed E-state index contributed by atoms with van der Waals surface area (Å²) in [6, 6.07) is 11.0. The minimum Gasteiger partial charge on any atom is -0.494 e. The van der Waals surface area contributed by atoms with Crippen LogP contribution in [0.3, 0.4) is 0 Å². The maximum absolute atomic E-state index is 11.7. The minimum absolute atomic E-state index is 0.169. The Bertz CT molecular complexity index is 835. The Morgan fingerprint density at radius 2 is 1.95 bits per heavy atom. The number of pyridine rings is 1. The summed E-state index contributed by atoms with van der Waals surface area (Å²) in [5.41, 5.74) is 2.98. The molecule has 3 aromatic rings. The molecule has 5 heteroatoms. The van der Waals surface area contributed by atoms with E-state index in [0.717, 1.165) is 16.9 Å². The summed E-state index contributed by atoms with van der Waals surface area (Å²) in [6.07, 6.45) is 1.78. The number of carbonyl (C=O) groups is 1. The van der Waals surface area contributed by atoms with Crippen LogP contribution in [0.1, 0.15) is 23.0 Å². The minimum atomic E-state index is -0.998. The number of hydrogen-bond donors (Lipinski definition) is 1. The predicted octanol–water partition coefficient (Wildman–Crippen LogP) is 3.41. The largest absolute Gasteiger partial charge is 0.494 e. The van der Waals surface area contributed by atoms with E-state index in [0.29, 0.717) is 17.9 Å². The zero-order valence-electron chi connectivity index (χ0n) is 12.4. The highest BCUT2D eigenvalue weighted by Crippen LogP contribution is 2.26. The van der Waals surface area contributed by atoms with Crippen molar-refractivity contribution in [1.82, 2.24) is 9.38 Å². The van der Waals surface area contributed by atoms with Crippen molar-refractivity contribution in [3.05, 3.63) is 53.9 Å². The van der Waals surface area contributed by atoms with Crippen molar-refractivity contribution in [2.75, 3.05) is 6.61 Å². The molecule has 0 amide bonds. The third-order valence-corrected chi connectivity index (χ3v) is 3.41. The lowest BCUT2D eigenvalue weighted by Gasteiger charge is -2.04. The van der Waals surface area contributed by atoms with Crippen LogP contribution in [0.5, 0.6) is 5.75 Å². The second-order valence-electron chi connectivity index (χ2n) is 5.01. The van der Waals surface area contributed by atoms with Crippen molar-refractivity contribution >= 4 is 11.6 Å². The number of aromatic carboxylic acids is 1. The average molecular weight is 296 g/mol. The molecule has 2 aromatic heterocycles. The molecule has 0 aliphatic rings. The number of aryl methyl sites for hydroxylation is 1. The third kappa shape index (κ3) is 2.41. The van der Waals surface area contributed by atoms with E-state index in [2.05, 4.69) is 4.98 Å². The molecule has 0 aliphatic carbocycles. The van der Waals surface area contributed by atoms with Crippen molar-refractivity contribution in [2.24, 2.45) is 0 Å². The quantitative estimate of drug-likeness (QED) is 0.801. The molecule has 0 fully saturated rings. The highest BCUT2D eigenvalue weighted by atomic mass is 16.5. The molecule has 1 aromatic carbocycles. The molecule has 0 saturated heterocycles. The van der Waals surface area contributed by atoms with Crippen LogP contribution in [0.4, 0.5) is 0 Å². The zero-order chi connectivity index (χ0) is 15.7. The molecule has 0 atom stereocenters. The second-order valence-corrected chi connectivity index (χ2v) is 5.01. The molecule has 0 radical (unpaired) electrons. The van der Waals surface area contributed by atoms with E-state index in [-0.39, 0.29) is 5.69 Å². The van der Waals surface area contributed by atoms with Crippen molar-refractivity contribution in [2.45, 2.75) is 13.8 Å². The van der Waals surface area contributed by atoms with Gasteiger partial charge in [-0.25, -0.2) is 9.78 Å². The summed E-state index contributed by atoms with van der Waals surface area (Å²) < 4.78 is 7.02. The number of carboxylic acids is 1. The molecule has 1 N–H and O–H groups in total. The third-order valence-electron chi connectivity index (χ3n) is 3.41. The molecular formula is C17H16N2O3. The number of aromatic nitrogens is 2. The fourth-order valence-electron chi connectivity index (χ4n) is 2.43. The van der Waals surface area contributed by atoms with Crippen LogP contribution in [0.25, 0.3) is 16.9 Å². The lowest BCUT2D eigenvalue weighted by molar-refractivity contribution is 0.0690. The van der Waals surface area contributed by atoms with Gasteiger partial charge in [0.05, 0.1) is 6.61 Å². The number of nitrogens with zero attached hydrogens (tertiary/aromatic N) is 2. The Kier molecular flexibility index (Phi) is 3.55. The van der Waals surface area contributed by atoms with E-state index in [9.17, 15) is 9.90 Å². The summed E-state index contributed by atoms with van der Waals surface area (Å²) in [5, 5.41) is 9.56. The Hall–Kier alpha value is -2.82. The molecule has 3 rings (SSSR count). The molecule has 112 valence electrons. The average Bonchev–Trinajstić information content (AvgIpc) is 2.87. The maximum atomic E-state index is 11.7. The Morgan fingerprint density at radius 1 is 1.23 bits per heavy atom. The summed E-state index contributed by atoms with van der Waals surface area (Å²) in [7, 11) is 0. The molecule has 2 heterocycles. The number of imidazole rings is 1. The van der Waals surface area contributed by atoms with Gasteiger partial charge in [-0.15, -0.1) is 0 Å². The fourth-order valence-corrected chi connectivity index (χ4v) is 2.43. The van der Waals surface area contributed by atoms with Crippen LogP contribution in [0, 0.1) is 6.92 Å². The fraction of sp³-hybridized carbons (Fsp3) is 0.176. The van der Waals surface area contributed by atoms with Gasteiger partial charge in [0, 0.05) is 11.8 Å². The van der Waals surface area contributed by atoms with Crippen LogP contribution in [0.2, 0.25) is 0 Å². The van der Waals surface area contributed by atoms with E-state index in [1.807, 2.05) is 50.2 Å². The van der Waals surface area contributed by atoms with Crippen molar-refractivity contribution < 1.29 is 14.6 Å². The van der Waals surface area contributed by atoms with Crippen LogP contribution < -0.4 is 4.74 Å². The summed E-state index contributed by atoms with van der Waals surface area (Å²) in [4.78, 5) is 16.1. The number of ether oxygens (including phenoxy) is 1. The van der Waals surface area contributed by atoms with E-state index < -0.39 is 5.97 Å². The van der Waals surface area contributed by atoms with Gasteiger partial charge in [0.15, 0.2) is 5.69 Å². The van der Waals surface area contributed by atoms with Gasteiger partial charge >= 0.3 is 5.97 Å². The normalized spacial score (nSPS) is 10.8. The Morgan fingerprint density at radius 3 is 2.59 bits per heavy atom. The highest BCUT2D eigenvalue weighted by Gasteiger charge is 2.19. The van der Waals surface area contributed by atoms with Gasteiger partial charge in [-0.3, -0.25) is 4.40 Å². The van der Waals surface area contributed by atoms with Gasteiger partial charge in [-0.2, -0.15) is 0 Å². The lowest BCUT2D eigenvalue weighted by atomic mass is 10.1. The first-order valence-corrected chi connectivity index (χ1v) is 7.05. The van der Waals surface area contributed by atoms with Crippen LogP contribution in [-0.2, 0) is 0 Å². The Labute approximate surface area is 127 Å². The molecule has 0 spiro atoms. The topological polar surface area (TPSA) is 63.8 Å². The van der Waals surface area contributed by atoms with Crippen LogP contribution in [0.15, 0.2) is 42.6 Å². The molecule has 0 bridgehead atoms. The second kappa shape index (κ2) is 5.52. The maximum Gasteiger partial charge on any atom is 0.355 e. The van der Waals surface area contributed by atoms with Gasteiger partial charge in [0.25, 0.3) is 0 Å². The van der Waals surface area contributed by atoms with Crippen molar-refractivity contribution in [3.63, 3.8) is 0 Å². The standard InChI is InChI=1S/C17H16N2O3/c1-3-22-13-7-5-12(6-8-13)15-16(17(20)21)19-10-11(2)4-9-14(19)18-15/h4-10H,3H2,1-2H3,(H,20,21). The molecule has 22 heavy (non-hydrogen) atoms. The summed E-state index contributed by atoms with van der Waals surface area (Å²) in [5.74, 6) is -0.246. The van der Waals surface area contributed by atoms with Gasteiger partial charge in [-0.1, -0.05) is 6.07 Å². The van der Waals surface area contributed by atoms with Crippen molar-refractivity contribution in [1.29, 1.82) is 0 Å².